The molecule has 1 atom stereocenters. The molecule has 7 heteroatoms. The number of aryl methyl sites for hydroxylation is 1. The zero-order chi connectivity index (χ0) is 22.7. The van der Waals surface area contributed by atoms with Gasteiger partial charge in [-0.2, -0.15) is 5.10 Å². The number of carbonyl (C=O) groups is 2. The second kappa shape index (κ2) is 9.36. The molecule has 2 heterocycles. The summed E-state index contributed by atoms with van der Waals surface area (Å²) >= 11 is 0. The monoisotopic (exact) mass is 432 g/mol. The Kier molecular flexibility index (Phi) is 6.37. The van der Waals surface area contributed by atoms with Gasteiger partial charge < -0.3 is 10.1 Å². The lowest BCUT2D eigenvalue weighted by atomic mass is 9.94. The Balaban J connectivity index is 1.45. The number of nitrogens with one attached hydrogen (secondary N) is 1. The van der Waals surface area contributed by atoms with Gasteiger partial charge in [0.25, 0.3) is 0 Å². The van der Waals surface area contributed by atoms with Gasteiger partial charge in [0.15, 0.2) is 0 Å². The van der Waals surface area contributed by atoms with E-state index in [1.807, 2.05) is 72.0 Å². The van der Waals surface area contributed by atoms with Crippen LogP contribution < -0.4 is 5.32 Å². The van der Waals surface area contributed by atoms with Crippen molar-refractivity contribution in [2.75, 3.05) is 19.0 Å². The first-order valence-corrected chi connectivity index (χ1v) is 10.8. The highest BCUT2D eigenvalue weighted by molar-refractivity contribution is 5.92. The van der Waals surface area contributed by atoms with E-state index in [1.165, 1.54) is 12.7 Å². The molecular weight excluding hydrogens is 404 g/mol. The summed E-state index contributed by atoms with van der Waals surface area (Å²) in [6.45, 7) is 4.91. The number of ether oxygens (including phenoxy) is 1. The Morgan fingerprint density at radius 1 is 1.06 bits per heavy atom. The highest BCUT2D eigenvalue weighted by Crippen LogP contribution is 2.25. The van der Waals surface area contributed by atoms with Crippen LogP contribution in [0.15, 0.2) is 54.6 Å². The highest BCUT2D eigenvalue weighted by atomic mass is 16.5. The number of carbonyl (C=O) groups excluding carboxylic acids is 2. The fourth-order valence-electron chi connectivity index (χ4n) is 4.27. The average Bonchev–Trinajstić information content (AvgIpc) is 3.10. The molecule has 1 aliphatic rings. The van der Waals surface area contributed by atoms with Gasteiger partial charge >= 0.3 is 5.97 Å². The molecule has 2 aromatic carbocycles. The van der Waals surface area contributed by atoms with Gasteiger partial charge in [0, 0.05) is 19.5 Å². The molecule has 1 unspecified atom stereocenters. The van der Waals surface area contributed by atoms with E-state index >= 15 is 0 Å². The normalized spacial score (nSPS) is 15.8. The van der Waals surface area contributed by atoms with Crippen LogP contribution in [-0.2, 0) is 27.3 Å². The molecule has 1 N–H and O–H groups in total. The predicted molar refractivity (Wildman–Crippen MR) is 123 cm³/mol. The number of anilines is 1. The number of hydrogen-bond donors (Lipinski definition) is 1. The minimum Gasteiger partial charge on any atom is -0.468 e. The molecule has 0 spiro atoms. The van der Waals surface area contributed by atoms with Crippen LogP contribution in [0.25, 0.3) is 5.69 Å². The number of hydrogen-bond acceptors (Lipinski definition) is 5. The number of benzene rings is 2. The molecule has 0 saturated heterocycles. The van der Waals surface area contributed by atoms with Gasteiger partial charge in [-0.05, 0) is 43.5 Å². The lowest BCUT2D eigenvalue weighted by Gasteiger charge is -2.34. The van der Waals surface area contributed by atoms with Crippen molar-refractivity contribution in [3.63, 3.8) is 0 Å². The predicted octanol–water partition coefficient (Wildman–Crippen LogP) is 3.42. The first-order valence-electron chi connectivity index (χ1n) is 10.8. The van der Waals surface area contributed by atoms with Gasteiger partial charge in [-0.25, -0.2) is 4.68 Å². The van der Waals surface area contributed by atoms with Crippen molar-refractivity contribution in [1.82, 2.24) is 14.7 Å². The third kappa shape index (κ3) is 4.43. The van der Waals surface area contributed by atoms with Gasteiger partial charge in [0.05, 0.1) is 29.9 Å². The van der Waals surface area contributed by atoms with E-state index in [-0.39, 0.29) is 24.3 Å². The molecule has 166 valence electrons. The second-order valence-corrected chi connectivity index (χ2v) is 8.07. The Labute approximate surface area is 188 Å². The van der Waals surface area contributed by atoms with Gasteiger partial charge in [-0.3, -0.25) is 14.5 Å². The van der Waals surface area contributed by atoms with Gasteiger partial charge in [-0.1, -0.05) is 42.5 Å². The summed E-state index contributed by atoms with van der Waals surface area (Å²) in [4.78, 5) is 27.2. The number of aromatic nitrogens is 2. The maximum absolute atomic E-state index is 12.8. The van der Waals surface area contributed by atoms with Crippen LogP contribution in [0, 0.1) is 13.8 Å². The molecule has 7 nitrogen and oxygen atoms in total. The van der Waals surface area contributed by atoms with E-state index in [0.717, 1.165) is 28.3 Å². The van der Waals surface area contributed by atoms with E-state index < -0.39 is 0 Å². The van der Waals surface area contributed by atoms with Crippen LogP contribution in [0.5, 0.6) is 0 Å². The average molecular weight is 433 g/mol. The summed E-state index contributed by atoms with van der Waals surface area (Å²) in [7, 11) is 1.41. The Morgan fingerprint density at radius 2 is 1.75 bits per heavy atom. The zero-order valence-electron chi connectivity index (χ0n) is 18.7. The van der Waals surface area contributed by atoms with Crippen molar-refractivity contribution in [1.29, 1.82) is 0 Å². The lowest BCUT2D eigenvalue weighted by Crippen LogP contribution is -2.47. The third-order valence-electron chi connectivity index (χ3n) is 6.00. The number of para-hydroxylation sites is 1. The molecule has 0 aliphatic carbocycles. The number of methoxy groups -OCH3 is 1. The van der Waals surface area contributed by atoms with Crippen molar-refractivity contribution in [2.24, 2.45) is 0 Å². The lowest BCUT2D eigenvalue weighted by molar-refractivity contribution is -0.148. The largest absolute Gasteiger partial charge is 0.468 e. The Hall–Kier alpha value is -3.45. The number of fused-ring (bicyclic) bond motifs is 1. The Morgan fingerprint density at radius 3 is 2.47 bits per heavy atom. The third-order valence-corrected chi connectivity index (χ3v) is 6.00. The topological polar surface area (TPSA) is 76.5 Å². The van der Waals surface area contributed by atoms with E-state index in [4.69, 9.17) is 4.74 Å². The fraction of sp³-hybridized carbons (Fsp3) is 0.320. The molecule has 1 aliphatic heterocycles. The van der Waals surface area contributed by atoms with Crippen LogP contribution in [0.4, 0.5) is 5.69 Å². The molecule has 0 bridgehead atoms. The molecular formula is C25H28N4O3. The van der Waals surface area contributed by atoms with E-state index in [2.05, 4.69) is 16.5 Å². The maximum Gasteiger partial charge on any atom is 0.323 e. The first kappa shape index (κ1) is 21.8. The summed E-state index contributed by atoms with van der Waals surface area (Å²) < 4.78 is 6.85. The van der Waals surface area contributed by atoms with Crippen LogP contribution in [0.2, 0.25) is 0 Å². The first-order chi connectivity index (χ1) is 15.5. The minimum atomic E-state index is -0.382. The van der Waals surface area contributed by atoms with E-state index in [9.17, 15) is 9.59 Å². The van der Waals surface area contributed by atoms with Gasteiger partial charge in [0.2, 0.25) is 5.91 Å². The van der Waals surface area contributed by atoms with Gasteiger partial charge in [0.1, 0.15) is 6.04 Å². The molecule has 1 aromatic heterocycles. The zero-order valence-corrected chi connectivity index (χ0v) is 18.7. The van der Waals surface area contributed by atoms with Crippen LogP contribution in [0.3, 0.4) is 0 Å². The van der Waals surface area contributed by atoms with Gasteiger partial charge in [-0.15, -0.1) is 0 Å². The van der Waals surface area contributed by atoms with Crippen molar-refractivity contribution < 1.29 is 14.3 Å². The number of nitrogens with zero attached hydrogens (tertiary/aromatic N) is 3. The molecule has 3 aromatic rings. The summed E-state index contributed by atoms with van der Waals surface area (Å²) in [6.07, 6.45) is 0.859. The molecule has 0 radical (unpaired) electrons. The van der Waals surface area contributed by atoms with Crippen LogP contribution >= 0.6 is 0 Å². The number of esters is 1. The summed E-state index contributed by atoms with van der Waals surface area (Å²) in [6, 6.07) is 17.5. The van der Waals surface area contributed by atoms with Crippen LogP contribution in [-0.4, -0.2) is 46.3 Å². The standard InChI is InChI=1S/C25H28N4O3/c1-17-24(18(2)29(27-17)21-11-5-4-6-12-21)26-23(30)13-14-28-16-20-10-8-7-9-19(20)15-22(28)25(31)32-3/h4-12,22H,13-16H2,1-3H3,(H,26,30). The quantitative estimate of drug-likeness (QED) is 0.604. The van der Waals surface area contributed by atoms with Crippen LogP contribution in [0.1, 0.15) is 28.9 Å². The van der Waals surface area contributed by atoms with Crippen molar-refractivity contribution >= 4 is 17.6 Å². The van der Waals surface area contributed by atoms with Crippen molar-refractivity contribution in [2.45, 2.75) is 39.3 Å². The minimum absolute atomic E-state index is 0.105. The summed E-state index contributed by atoms with van der Waals surface area (Å²) in [5.41, 5.74) is 5.65. The van der Waals surface area contributed by atoms with E-state index in [0.29, 0.717) is 19.5 Å². The van der Waals surface area contributed by atoms with Crippen molar-refractivity contribution in [3.05, 3.63) is 77.1 Å². The summed E-state index contributed by atoms with van der Waals surface area (Å²) in [5.74, 6) is -0.373. The fourth-order valence-corrected chi connectivity index (χ4v) is 4.27. The smallest absolute Gasteiger partial charge is 0.323 e. The second-order valence-electron chi connectivity index (χ2n) is 8.07. The highest BCUT2D eigenvalue weighted by Gasteiger charge is 2.32. The molecule has 0 fully saturated rings. The SMILES string of the molecule is COC(=O)C1Cc2ccccc2CN1CCC(=O)Nc1c(C)nn(-c2ccccc2)c1C. The maximum atomic E-state index is 12.8. The van der Waals surface area contributed by atoms with E-state index in [1.54, 1.807) is 0 Å². The van der Waals surface area contributed by atoms with Crippen molar-refractivity contribution in [3.8, 4) is 5.69 Å². The Bertz CT molecular complexity index is 1120. The molecule has 4 rings (SSSR count). The number of amides is 1. The molecule has 0 saturated carbocycles. The molecule has 32 heavy (non-hydrogen) atoms. The number of rotatable bonds is 6. The molecule has 1 amide bonds. The summed E-state index contributed by atoms with van der Waals surface area (Å²) in [5, 5.41) is 7.61.